The van der Waals surface area contributed by atoms with Crippen LogP contribution in [0.5, 0.6) is 11.5 Å². The van der Waals surface area contributed by atoms with Crippen LogP contribution in [-0.4, -0.2) is 19.8 Å². The summed E-state index contributed by atoms with van der Waals surface area (Å²) >= 11 is 0. The largest absolute Gasteiger partial charge is 0.493 e. The average Bonchev–Trinajstić information content (AvgIpc) is 2.98. The number of benzene rings is 1. The maximum Gasteiger partial charge on any atom is 0.161 e. The van der Waals surface area contributed by atoms with Crippen LogP contribution < -0.4 is 15.2 Å². The van der Waals surface area contributed by atoms with Gasteiger partial charge in [0.2, 0.25) is 0 Å². The fourth-order valence-electron chi connectivity index (χ4n) is 2.79. The Bertz CT molecular complexity index is 413. The molecule has 0 bridgehead atoms. The summed E-state index contributed by atoms with van der Waals surface area (Å²) in [5.41, 5.74) is 7.25. The number of nitrogens with two attached hydrogens (primary N) is 1. The van der Waals surface area contributed by atoms with Gasteiger partial charge >= 0.3 is 0 Å². The van der Waals surface area contributed by atoms with E-state index in [1.165, 1.54) is 31.2 Å². The van der Waals surface area contributed by atoms with E-state index >= 15 is 0 Å². The number of ether oxygens (including phenoxy) is 2. The lowest BCUT2D eigenvalue weighted by molar-refractivity contribution is 0.240. The molecule has 1 fully saturated rings. The summed E-state index contributed by atoms with van der Waals surface area (Å²) in [6.45, 7) is 2.92. The van der Waals surface area contributed by atoms with Gasteiger partial charge in [0.05, 0.1) is 13.7 Å². The standard InChI is InChI=1S/C17H27NO2/c1-3-15(18)10-14-8-9-16(19-2)17(11-14)20-12-13-6-4-5-7-13/h8-9,11,13,15H,3-7,10,12,18H2,1-2H3. The predicted molar refractivity (Wildman–Crippen MR) is 82.4 cm³/mol. The zero-order valence-electron chi connectivity index (χ0n) is 12.7. The average molecular weight is 277 g/mol. The molecular formula is C17H27NO2. The van der Waals surface area contributed by atoms with Crippen molar-refractivity contribution in [1.29, 1.82) is 0 Å². The van der Waals surface area contributed by atoms with Gasteiger partial charge in [-0.3, -0.25) is 0 Å². The first-order chi connectivity index (χ1) is 9.72. The second-order valence-electron chi connectivity index (χ2n) is 5.82. The molecule has 0 spiro atoms. The highest BCUT2D eigenvalue weighted by atomic mass is 16.5. The van der Waals surface area contributed by atoms with E-state index in [1.807, 2.05) is 6.07 Å². The highest BCUT2D eigenvalue weighted by Gasteiger charge is 2.17. The van der Waals surface area contributed by atoms with Crippen molar-refractivity contribution in [2.24, 2.45) is 11.7 Å². The summed E-state index contributed by atoms with van der Waals surface area (Å²) in [7, 11) is 1.69. The Morgan fingerprint density at radius 1 is 1.25 bits per heavy atom. The van der Waals surface area contributed by atoms with Gasteiger partial charge in [0, 0.05) is 6.04 Å². The second-order valence-corrected chi connectivity index (χ2v) is 5.82. The highest BCUT2D eigenvalue weighted by molar-refractivity contribution is 5.43. The van der Waals surface area contributed by atoms with Crippen molar-refractivity contribution in [3.05, 3.63) is 23.8 Å². The summed E-state index contributed by atoms with van der Waals surface area (Å²) in [5.74, 6) is 2.39. The maximum atomic E-state index is 6.03. The molecule has 1 aliphatic carbocycles. The van der Waals surface area contributed by atoms with Crippen LogP contribution in [-0.2, 0) is 6.42 Å². The number of methoxy groups -OCH3 is 1. The third-order valence-electron chi connectivity index (χ3n) is 4.20. The molecule has 1 atom stereocenters. The van der Waals surface area contributed by atoms with Crippen molar-refractivity contribution in [3.8, 4) is 11.5 Å². The molecule has 1 aromatic rings. The second kappa shape index (κ2) is 7.53. The van der Waals surface area contributed by atoms with Crippen LogP contribution in [0.4, 0.5) is 0 Å². The summed E-state index contributed by atoms with van der Waals surface area (Å²) in [4.78, 5) is 0. The van der Waals surface area contributed by atoms with E-state index in [9.17, 15) is 0 Å². The summed E-state index contributed by atoms with van der Waals surface area (Å²) in [6, 6.07) is 6.37. The number of hydrogen-bond acceptors (Lipinski definition) is 3. The van der Waals surface area contributed by atoms with Crippen LogP contribution in [0.2, 0.25) is 0 Å². The molecule has 0 heterocycles. The van der Waals surface area contributed by atoms with Gasteiger partial charge in [-0.25, -0.2) is 0 Å². The zero-order chi connectivity index (χ0) is 14.4. The Labute approximate surface area is 122 Å². The molecule has 0 radical (unpaired) electrons. The molecule has 2 N–H and O–H groups in total. The summed E-state index contributed by atoms with van der Waals surface area (Å²) in [5, 5.41) is 0. The minimum absolute atomic E-state index is 0.214. The molecule has 3 heteroatoms. The molecule has 2 rings (SSSR count). The van der Waals surface area contributed by atoms with Crippen molar-refractivity contribution in [3.63, 3.8) is 0 Å². The SMILES string of the molecule is CCC(N)Cc1ccc(OC)c(OCC2CCCC2)c1. The van der Waals surface area contributed by atoms with Crippen molar-refractivity contribution in [2.75, 3.05) is 13.7 Å². The first kappa shape index (κ1) is 15.2. The van der Waals surface area contributed by atoms with E-state index in [4.69, 9.17) is 15.2 Å². The van der Waals surface area contributed by atoms with Crippen molar-refractivity contribution in [1.82, 2.24) is 0 Å². The molecule has 1 unspecified atom stereocenters. The Kier molecular flexibility index (Phi) is 5.72. The van der Waals surface area contributed by atoms with E-state index in [1.54, 1.807) is 7.11 Å². The van der Waals surface area contributed by atoms with E-state index in [0.717, 1.165) is 30.9 Å². The minimum atomic E-state index is 0.214. The van der Waals surface area contributed by atoms with Crippen LogP contribution >= 0.6 is 0 Å². The molecule has 3 nitrogen and oxygen atoms in total. The molecule has 1 aromatic carbocycles. The van der Waals surface area contributed by atoms with Gasteiger partial charge < -0.3 is 15.2 Å². The van der Waals surface area contributed by atoms with E-state index < -0.39 is 0 Å². The van der Waals surface area contributed by atoms with Crippen LogP contribution in [0, 0.1) is 5.92 Å². The van der Waals surface area contributed by atoms with Crippen LogP contribution in [0.15, 0.2) is 18.2 Å². The predicted octanol–water partition coefficient (Wildman–Crippen LogP) is 3.54. The number of rotatable bonds is 7. The Morgan fingerprint density at radius 3 is 2.65 bits per heavy atom. The quantitative estimate of drug-likeness (QED) is 0.829. The smallest absolute Gasteiger partial charge is 0.161 e. The van der Waals surface area contributed by atoms with Crippen molar-refractivity contribution < 1.29 is 9.47 Å². The fraction of sp³-hybridized carbons (Fsp3) is 0.647. The van der Waals surface area contributed by atoms with Gasteiger partial charge in [0.25, 0.3) is 0 Å². The Hall–Kier alpha value is -1.22. The van der Waals surface area contributed by atoms with Gasteiger partial charge in [-0.2, -0.15) is 0 Å². The minimum Gasteiger partial charge on any atom is -0.493 e. The third-order valence-corrected chi connectivity index (χ3v) is 4.20. The lowest BCUT2D eigenvalue weighted by Gasteiger charge is -2.16. The molecule has 0 aliphatic heterocycles. The number of hydrogen-bond donors (Lipinski definition) is 1. The topological polar surface area (TPSA) is 44.5 Å². The highest BCUT2D eigenvalue weighted by Crippen LogP contribution is 2.31. The summed E-state index contributed by atoms with van der Waals surface area (Å²) < 4.78 is 11.4. The lowest BCUT2D eigenvalue weighted by atomic mass is 10.0. The van der Waals surface area contributed by atoms with E-state index in [-0.39, 0.29) is 6.04 Å². The monoisotopic (exact) mass is 277 g/mol. The molecule has 20 heavy (non-hydrogen) atoms. The summed E-state index contributed by atoms with van der Waals surface area (Å²) in [6.07, 6.45) is 7.16. The molecule has 1 saturated carbocycles. The first-order valence-corrected chi connectivity index (χ1v) is 7.78. The first-order valence-electron chi connectivity index (χ1n) is 7.78. The van der Waals surface area contributed by atoms with E-state index in [2.05, 4.69) is 19.1 Å². The maximum absolute atomic E-state index is 6.03. The van der Waals surface area contributed by atoms with Crippen LogP contribution in [0.25, 0.3) is 0 Å². The lowest BCUT2D eigenvalue weighted by Crippen LogP contribution is -2.21. The molecular weight excluding hydrogens is 250 g/mol. The Balaban J connectivity index is 2.01. The normalized spacial score (nSPS) is 17.1. The fourth-order valence-corrected chi connectivity index (χ4v) is 2.79. The van der Waals surface area contributed by atoms with Gasteiger partial charge in [-0.15, -0.1) is 0 Å². The zero-order valence-corrected chi connectivity index (χ0v) is 12.7. The third kappa shape index (κ3) is 4.14. The van der Waals surface area contributed by atoms with Crippen LogP contribution in [0.1, 0.15) is 44.6 Å². The van der Waals surface area contributed by atoms with Gasteiger partial charge in [-0.1, -0.05) is 25.8 Å². The van der Waals surface area contributed by atoms with Gasteiger partial charge in [-0.05, 0) is 49.3 Å². The van der Waals surface area contributed by atoms with Crippen molar-refractivity contribution in [2.45, 2.75) is 51.5 Å². The molecule has 0 amide bonds. The molecule has 0 aromatic heterocycles. The molecule has 1 aliphatic rings. The van der Waals surface area contributed by atoms with Gasteiger partial charge in [0.1, 0.15) is 0 Å². The Morgan fingerprint density at radius 2 is 2.00 bits per heavy atom. The van der Waals surface area contributed by atoms with E-state index in [0.29, 0.717) is 5.92 Å². The molecule has 0 saturated heterocycles. The van der Waals surface area contributed by atoms with Crippen molar-refractivity contribution >= 4 is 0 Å². The van der Waals surface area contributed by atoms with Gasteiger partial charge in [0.15, 0.2) is 11.5 Å². The molecule has 112 valence electrons. The van der Waals surface area contributed by atoms with Crippen LogP contribution in [0.3, 0.4) is 0 Å².